The maximum atomic E-state index is 12.0. The summed E-state index contributed by atoms with van der Waals surface area (Å²) in [6.07, 6.45) is 0. The van der Waals surface area contributed by atoms with Gasteiger partial charge in [0.1, 0.15) is 0 Å². The van der Waals surface area contributed by atoms with Crippen LogP contribution in [-0.4, -0.2) is 17.7 Å². The molecule has 2 aromatic carbocycles. The van der Waals surface area contributed by atoms with Gasteiger partial charge in [0.25, 0.3) is 0 Å². The normalized spacial score (nSPS) is 11.5. The standard InChI is InChI=1S/C20H24N2O2S/c1-5-24-19(23)17-7-6-8-18(14(17)3)22-20(25)21-15(4)16-11-9-13(2)10-12-16/h6-12,15H,5H2,1-4H3,(H2,21,22,25)/t15-/m1/s1. The molecule has 0 radical (unpaired) electrons. The van der Waals surface area contributed by atoms with Crippen LogP contribution in [0.3, 0.4) is 0 Å². The topological polar surface area (TPSA) is 50.4 Å². The third-order valence-corrected chi connectivity index (χ3v) is 4.22. The van der Waals surface area contributed by atoms with Gasteiger partial charge in [-0.3, -0.25) is 0 Å². The molecule has 0 heterocycles. The zero-order chi connectivity index (χ0) is 18.4. The summed E-state index contributed by atoms with van der Waals surface area (Å²) in [5.74, 6) is -0.324. The highest BCUT2D eigenvalue weighted by Gasteiger charge is 2.14. The fourth-order valence-corrected chi connectivity index (χ4v) is 2.78. The summed E-state index contributed by atoms with van der Waals surface area (Å²) < 4.78 is 5.09. The van der Waals surface area contributed by atoms with E-state index in [1.54, 1.807) is 13.0 Å². The summed E-state index contributed by atoms with van der Waals surface area (Å²) in [5.41, 5.74) is 4.53. The van der Waals surface area contributed by atoms with Crippen molar-refractivity contribution in [1.29, 1.82) is 0 Å². The highest BCUT2D eigenvalue weighted by molar-refractivity contribution is 7.80. The highest BCUT2D eigenvalue weighted by atomic mass is 32.1. The van der Waals surface area contributed by atoms with E-state index in [1.807, 2.05) is 19.1 Å². The van der Waals surface area contributed by atoms with Crippen molar-refractivity contribution in [3.8, 4) is 0 Å². The van der Waals surface area contributed by atoms with Crippen molar-refractivity contribution in [3.05, 3.63) is 64.7 Å². The lowest BCUT2D eigenvalue weighted by Crippen LogP contribution is -2.31. The van der Waals surface area contributed by atoms with Gasteiger partial charge in [-0.1, -0.05) is 35.9 Å². The molecule has 0 aromatic heterocycles. The second-order valence-corrected chi connectivity index (χ2v) is 6.34. The largest absolute Gasteiger partial charge is 0.462 e. The Morgan fingerprint density at radius 3 is 2.48 bits per heavy atom. The lowest BCUT2D eigenvalue weighted by Gasteiger charge is -2.19. The number of carbonyl (C=O) groups excluding carboxylic acids is 1. The van der Waals surface area contributed by atoms with Gasteiger partial charge in [-0.2, -0.15) is 0 Å². The second-order valence-electron chi connectivity index (χ2n) is 5.93. The van der Waals surface area contributed by atoms with Gasteiger partial charge >= 0.3 is 5.97 Å². The molecule has 0 fully saturated rings. The first-order valence-corrected chi connectivity index (χ1v) is 8.74. The van der Waals surface area contributed by atoms with Crippen LogP contribution in [0.25, 0.3) is 0 Å². The summed E-state index contributed by atoms with van der Waals surface area (Å²) in [6, 6.07) is 13.9. The Morgan fingerprint density at radius 1 is 1.16 bits per heavy atom. The number of aryl methyl sites for hydroxylation is 1. The van der Waals surface area contributed by atoms with Gasteiger partial charge in [0.2, 0.25) is 0 Å². The van der Waals surface area contributed by atoms with Gasteiger partial charge in [0, 0.05) is 5.69 Å². The Morgan fingerprint density at radius 2 is 1.84 bits per heavy atom. The molecular formula is C20H24N2O2S. The maximum absolute atomic E-state index is 12.0. The van der Waals surface area contributed by atoms with Crippen molar-refractivity contribution in [1.82, 2.24) is 5.32 Å². The molecular weight excluding hydrogens is 332 g/mol. The van der Waals surface area contributed by atoms with Crippen LogP contribution in [-0.2, 0) is 4.74 Å². The molecule has 132 valence electrons. The van der Waals surface area contributed by atoms with E-state index in [2.05, 4.69) is 48.7 Å². The van der Waals surface area contributed by atoms with E-state index in [-0.39, 0.29) is 12.0 Å². The van der Waals surface area contributed by atoms with Crippen LogP contribution < -0.4 is 10.6 Å². The molecule has 4 nitrogen and oxygen atoms in total. The molecule has 0 aliphatic rings. The molecule has 0 bridgehead atoms. The molecule has 0 aliphatic carbocycles. The lowest BCUT2D eigenvalue weighted by molar-refractivity contribution is 0.0525. The van der Waals surface area contributed by atoms with Crippen LogP contribution in [0, 0.1) is 13.8 Å². The second kappa shape index (κ2) is 8.62. The predicted molar refractivity (Wildman–Crippen MR) is 106 cm³/mol. The average Bonchev–Trinajstić information content (AvgIpc) is 2.57. The summed E-state index contributed by atoms with van der Waals surface area (Å²) in [7, 11) is 0. The molecule has 2 N–H and O–H groups in total. The number of nitrogens with one attached hydrogen (secondary N) is 2. The third-order valence-electron chi connectivity index (χ3n) is 4.00. The van der Waals surface area contributed by atoms with Crippen molar-refractivity contribution >= 4 is 29.0 Å². The van der Waals surface area contributed by atoms with E-state index in [9.17, 15) is 4.79 Å². The Bertz CT molecular complexity index is 757. The van der Waals surface area contributed by atoms with Crippen LogP contribution in [0.4, 0.5) is 5.69 Å². The number of ether oxygens (including phenoxy) is 1. The Kier molecular flexibility index (Phi) is 6.53. The molecule has 0 aliphatic heterocycles. The fourth-order valence-electron chi connectivity index (χ4n) is 2.49. The average molecular weight is 356 g/mol. The van der Waals surface area contributed by atoms with Gasteiger partial charge in [0.15, 0.2) is 5.11 Å². The van der Waals surface area contributed by atoms with Crippen molar-refractivity contribution in [2.24, 2.45) is 0 Å². The number of rotatable bonds is 5. The number of anilines is 1. The smallest absolute Gasteiger partial charge is 0.338 e. The Balaban J connectivity index is 2.06. The van der Waals surface area contributed by atoms with E-state index in [1.165, 1.54) is 5.56 Å². The maximum Gasteiger partial charge on any atom is 0.338 e. The molecule has 5 heteroatoms. The van der Waals surface area contributed by atoms with Crippen LogP contribution >= 0.6 is 12.2 Å². The number of benzene rings is 2. The van der Waals surface area contributed by atoms with E-state index < -0.39 is 0 Å². The highest BCUT2D eigenvalue weighted by Crippen LogP contribution is 2.20. The fraction of sp³-hybridized carbons (Fsp3) is 0.300. The van der Waals surface area contributed by atoms with Gasteiger partial charge in [-0.25, -0.2) is 4.79 Å². The molecule has 2 aromatic rings. The molecule has 0 spiro atoms. The van der Waals surface area contributed by atoms with Gasteiger partial charge in [-0.05, 0) is 63.2 Å². The minimum atomic E-state index is -0.324. The molecule has 1 atom stereocenters. The molecule has 25 heavy (non-hydrogen) atoms. The predicted octanol–water partition coefficient (Wildman–Crippen LogP) is 4.53. The number of hydrogen-bond donors (Lipinski definition) is 2. The first-order valence-electron chi connectivity index (χ1n) is 8.33. The first-order chi connectivity index (χ1) is 11.9. The molecule has 0 amide bonds. The summed E-state index contributed by atoms with van der Waals surface area (Å²) in [6.45, 7) is 8.14. The van der Waals surface area contributed by atoms with Crippen molar-refractivity contribution < 1.29 is 9.53 Å². The van der Waals surface area contributed by atoms with Crippen molar-refractivity contribution in [3.63, 3.8) is 0 Å². The first kappa shape index (κ1) is 18.9. The van der Waals surface area contributed by atoms with E-state index in [0.717, 1.165) is 16.8 Å². The van der Waals surface area contributed by atoms with Crippen molar-refractivity contribution in [2.75, 3.05) is 11.9 Å². The minimum Gasteiger partial charge on any atom is -0.462 e. The zero-order valence-corrected chi connectivity index (χ0v) is 15.9. The van der Waals surface area contributed by atoms with E-state index in [0.29, 0.717) is 17.3 Å². The molecule has 0 saturated carbocycles. The molecule has 0 saturated heterocycles. The lowest BCUT2D eigenvalue weighted by atomic mass is 10.1. The van der Waals surface area contributed by atoms with Crippen LogP contribution in [0.2, 0.25) is 0 Å². The van der Waals surface area contributed by atoms with Crippen LogP contribution in [0.1, 0.15) is 46.9 Å². The van der Waals surface area contributed by atoms with E-state index >= 15 is 0 Å². The van der Waals surface area contributed by atoms with Crippen molar-refractivity contribution in [2.45, 2.75) is 33.7 Å². The quantitative estimate of drug-likeness (QED) is 0.609. The molecule has 0 unspecified atom stereocenters. The summed E-state index contributed by atoms with van der Waals surface area (Å²) >= 11 is 5.42. The third kappa shape index (κ3) is 5.03. The minimum absolute atomic E-state index is 0.0779. The van der Waals surface area contributed by atoms with Crippen LogP contribution in [0.15, 0.2) is 42.5 Å². The number of thiocarbonyl (C=S) groups is 1. The Hall–Kier alpha value is -2.40. The zero-order valence-electron chi connectivity index (χ0n) is 15.1. The Labute approximate surface area is 154 Å². The van der Waals surface area contributed by atoms with Crippen LogP contribution in [0.5, 0.6) is 0 Å². The number of esters is 1. The number of carbonyl (C=O) groups is 1. The monoisotopic (exact) mass is 356 g/mol. The summed E-state index contributed by atoms with van der Waals surface area (Å²) in [4.78, 5) is 12.0. The SMILES string of the molecule is CCOC(=O)c1cccc(NC(=S)N[C@H](C)c2ccc(C)cc2)c1C. The van der Waals surface area contributed by atoms with Gasteiger partial charge < -0.3 is 15.4 Å². The summed E-state index contributed by atoms with van der Waals surface area (Å²) in [5, 5.41) is 6.95. The molecule has 2 rings (SSSR count). The van der Waals surface area contributed by atoms with Gasteiger partial charge in [0.05, 0.1) is 18.2 Å². The van der Waals surface area contributed by atoms with Gasteiger partial charge in [-0.15, -0.1) is 0 Å². The van der Waals surface area contributed by atoms with E-state index in [4.69, 9.17) is 17.0 Å². The number of hydrogen-bond acceptors (Lipinski definition) is 3.